The first-order chi connectivity index (χ1) is 68.6. The van der Waals surface area contributed by atoms with Gasteiger partial charge in [0.25, 0.3) is 0 Å². The molecule has 32 atom stereocenters. The molecule has 12 fully saturated rings. The molecule has 12 aliphatic rings. The van der Waals surface area contributed by atoms with Gasteiger partial charge >= 0.3 is 18.0 Å². The van der Waals surface area contributed by atoms with Crippen molar-refractivity contribution in [2.24, 2.45) is 58.1 Å². The van der Waals surface area contributed by atoms with E-state index in [1.165, 1.54) is 0 Å². The summed E-state index contributed by atoms with van der Waals surface area (Å²) >= 11 is 0. The molecule has 12 saturated heterocycles. The van der Waals surface area contributed by atoms with E-state index >= 15 is 0 Å². The first-order valence-corrected chi connectivity index (χ1v) is 52.8. The van der Waals surface area contributed by atoms with Crippen LogP contribution in [0.3, 0.4) is 0 Å². The number of carboxylic acids is 1. The Balaban J connectivity index is 0.000000237. The number of epoxide rings is 4. The van der Waals surface area contributed by atoms with Gasteiger partial charge in [0.15, 0.2) is 0 Å². The van der Waals surface area contributed by atoms with Gasteiger partial charge in [-0.15, -0.1) is 0 Å². The van der Waals surface area contributed by atoms with Crippen molar-refractivity contribution in [3.05, 3.63) is 144 Å². The number of aliphatic carboxylic acids is 1. The van der Waals surface area contributed by atoms with Crippen LogP contribution in [0.5, 0.6) is 0 Å². The van der Waals surface area contributed by atoms with Gasteiger partial charge in [-0.2, -0.15) is 0 Å². The number of hydrogen-bond donors (Lipinski definition) is 13. The van der Waals surface area contributed by atoms with E-state index in [0.717, 1.165) is 80.1 Å². The quantitative estimate of drug-likeness (QED) is 0.00897. The Bertz CT molecular complexity index is 4500. The van der Waals surface area contributed by atoms with E-state index < -0.39 is 89.3 Å². The third-order valence-electron chi connectivity index (χ3n) is 29.0. The number of urea groups is 2. The Morgan fingerprint density at radius 1 is 0.397 bits per heavy atom. The summed E-state index contributed by atoms with van der Waals surface area (Å²) in [6.07, 6.45) is 41.7. The zero-order chi connectivity index (χ0) is 106. The lowest BCUT2D eigenvalue weighted by molar-refractivity contribution is -0.155. The Labute approximate surface area is 867 Å². The number of rotatable bonds is 38. The summed E-state index contributed by atoms with van der Waals surface area (Å²) in [7, 11) is 0. The average Bonchev–Trinajstić information content (AvgIpc) is 1.61. The van der Waals surface area contributed by atoms with Crippen LogP contribution in [-0.4, -0.2) is 295 Å². The summed E-state index contributed by atoms with van der Waals surface area (Å²) < 4.78 is 71.2. The smallest absolute Gasteiger partial charge is 0.314 e. The first-order valence-electron chi connectivity index (χ1n) is 52.8. The predicted molar refractivity (Wildman–Crippen MR) is 559 cm³/mol. The molecule has 34 heteroatoms. The van der Waals surface area contributed by atoms with Crippen LogP contribution in [0, 0.1) is 47.3 Å². The number of carboxylic acid groups (broad SMARTS) is 1. The molecule has 0 bridgehead atoms. The molecular weight excluding hydrogens is 1870 g/mol. The number of hydrogen-bond acceptors (Lipinski definition) is 25. The molecule has 12 heterocycles. The zero-order valence-corrected chi connectivity index (χ0v) is 89.5. The summed E-state index contributed by atoms with van der Waals surface area (Å²) in [5.74, 6) is 1.28. The van der Waals surface area contributed by atoms with E-state index in [9.17, 15) is 58.8 Å². The van der Waals surface area contributed by atoms with Gasteiger partial charge in [-0.05, 0) is 185 Å². The highest BCUT2D eigenvalue weighted by Crippen LogP contribution is 2.47. The highest BCUT2D eigenvalue weighted by Gasteiger charge is 2.62. The molecule has 146 heavy (non-hydrogen) atoms. The Hall–Kier alpha value is -8.49. The number of aliphatic hydroxyl groups excluding tert-OH is 4. The monoisotopic (exact) mass is 2050 g/mol. The van der Waals surface area contributed by atoms with Gasteiger partial charge < -0.3 is 125 Å². The van der Waals surface area contributed by atoms with Gasteiger partial charge in [0.2, 0.25) is 29.7 Å². The maximum atomic E-state index is 12.2. The van der Waals surface area contributed by atoms with Gasteiger partial charge in [-0.25, -0.2) is 19.4 Å². The lowest BCUT2D eigenvalue weighted by atomic mass is 9.87. The summed E-state index contributed by atoms with van der Waals surface area (Å²) in [4.78, 5) is 97.0. The first kappa shape index (κ1) is 123. The second kappa shape index (κ2) is 58.2. The lowest BCUT2D eigenvalue weighted by Crippen LogP contribution is -2.53. The molecule has 0 aliphatic carbocycles. The molecule has 0 aromatic carbocycles. The number of nitrogens with zero attached hydrogens (tertiary/aromatic N) is 1. The van der Waals surface area contributed by atoms with Crippen molar-refractivity contribution in [2.45, 2.75) is 411 Å². The summed E-state index contributed by atoms with van der Waals surface area (Å²) in [6.45, 7) is 46.3. The fourth-order valence-electron chi connectivity index (χ4n) is 19.6. The van der Waals surface area contributed by atoms with Crippen molar-refractivity contribution >= 4 is 47.7 Å². The molecule has 0 saturated carbocycles. The molecule has 0 unspecified atom stereocenters. The Morgan fingerprint density at radius 3 is 0.911 bits per heavy atom. The molecule has 14 N–H and O–H groups in total. The van der Waals surface area contributed by atoms with Crippen LogP contribution in [0.1, 0.15) is 243 Å². The average molecular weight is 2050 g/mol. The third kappa shape index (κ3) is 39.4. The van der Waals surface area contributed by atoms with Gasteiger partial charge in [-0.1, -0.05) is 217 Å². The molecular formula is C112H177N9O25. The van der Waals surface area contributed by atoms with Crippen LogP contribution < -0.4 is 43.0 Å². The number of ether oxygens (including phenoxy) is 12. The minimum Gasteiger partial charge on any atom is -0.481 e. The Kier molecular flexibility index (Phi) is 48.9. The van der Waals surface area contributed by atoms with E-state index in [2.05, 4.69) is 94.2 Å². The van der Waals surface area contributed by atoms with Crippen molar-refractivity contribution in [1.29, 1.82) is 0 Å². The minimum absolute atomic E-state index is 0. The third-order valence-corrected chi connectivity index (χ3v) is 29.0. The van der Waals surface area contributed by atoms with Crippen LogP contribution >= 0.6 is 0 Å². The van der Waals surface area contributed by atoms with Crippen molar-refractivity contribution in [3.8, 4) is 0 Å². The van der Waals surface area contributed by atoms with Crippen LogP contribution in [0.25, 0.3) is 0 Å². The summed E-state index contributed by atoms with van der Waals surface area (Å²) in [5.41, 5.74) is 6.84. The summed E-state index contributed by atoms with van der Waals surface area (Å²) in [6, 6.07) is -0.859. The Morgan fingerprint density at radius 2 is 0.658 bits per heavy atom. The fraction of sp³-hybridized carbons (Fsp3) is 0.714. The molecule has 34 nitrogen and oxygen atoms in total. The topological polar surface area (TPSA) is 484 Å². The normalized spacial score (nSPS) is 36.6. The van der Waals surface area contributed by atoms with Crippen molar-refractivity contribution in [3.63, 3.8) is 0 Å². The fourth-order valence-corrected chi connectivity index (χ4v) is 19.6. The van der Waals surface area contributed by atoms with E-state index in [-0.39, 0.29) is 154 Å². The standard InChI is InChI=1S/C30H49N3O6.C27H43N3O6.C27H40N2O6.C27H41NO7.CH4/c1-7-14-31-29(36)32-17-23-16-30(18-37-30)28(35)26(39-23)12-10-20(4)9-11-25-21(5)15-24(22(6)38-25)33-27(34)13-8-19(2)3;1-16(2)6-11-24(31)30-21-12-18(4)22(35-19(21)5)9-7-17(3)8-10-23-25(32)27(15-34-27)13-20(36-23)14-29-26(28)33;1-17(2)6-11-25(31)29-22-12-19(4)23(34-20(22)5)9-7-18(3)8-10-24-26(32)27(15-33-27)13-21(35-24)14-28-16-30;1-16(2)6-11-24(29)28-21-12-18(4)22(34-19(21)5)9-7-17(3)8-10-23-26(32)27(15-33-27)14-20(35-23)13-25(30)31;/h8-10,12-13,19,21-26,28,35H,7,11,14-18H2,1-6H3,(H,33,34)(H2,31,32,36);6-8,10-11,16,18-23,25,32H,9,12-15H2,1-5H3,(H,30,31)(H3,28,29,33);6-8,10-11,17,19-24,26,32H,9,12-15H2,1-5H3,(H,29,31);6-8,10-11,16,18-23,26,32H,9,12-15H2,1-5H3,(H,28,29)(H,30,31);1H4/b12-10+,13-8-,20-9+;10-8+,11-6-,17-7+;10-8+,11-6-,18-7+;10-8+,11-6-,17-7+;/t21-,22+,23-,24+,25-,26+,28+,30+;18-,19+,20-,21+,22-,23+,25+,27+;19-,20+,21-,22+,23-,24+,26+,27+;18-,19+,20+,21+,22-,23+,26+,27+;/m0000./s1. The van der Waals surface area contributed by atoms with Gasteiger partial charge in [-0.3, -0.25) is 24.0 Å². The number of nitrogens with two attached hydrogens (primary N) is 1. The van der Waals surface area contributed by atoms with Crippen LogP contribution in [-0.2, 0) is 85.6 Å². The van der Waals surface area contributed by atoms with Crippen LogP contribution in [0.15, 0.2) is 149 Å². The van der Waals surface area contributed by atoms with E-state index in [4.69, 9.17) is 67.7 Å². The van der Waals surface area contributed by atoms with Crippen molar-refractivity contribution in [1.82, 2.24) is 37.2 Å². The molecule has 8 amide bonds. The maximum absolute atomic E-state index is 12.2. The number of aliphatic imine (C=N–C) groups is 1. The van der Waals surface area contributed by atoms with E-state index in [1.54, 1.807) is 36.5 Å². The number of carbonyl (C=O) groups is 7. The lowest BCUT2D eigenvalue weighted by Gasteiger charge is -2.39. The number of amides is 8. The molecule has 820 valence electrons. The number of primary amides is 1. The van der Waals surface area contributed by atoms with E-state index in [1.807, 2.05) is 185 Å². The highest BCUT2D eigenvalue weighted by molar-refractivity contribution is 5.89. The number of nitrogens with one attached hydrogen (secondary N) is 7. The zero-order valence-electron chi connectivity index (χ0n) is 89.5. The minimum atomic E-state index is -0.925. The second-order valence-electron chi connectivity index (χ2n) is 43.7. The van der Waals surface area contributed by atoms with Gasteiger partial charge in [0, 0.05) is 45.3 Å². The number of aliphatic hydroxyl groups is 4. The number of carbonyl (C=O) groups excluding carboxylic acids is 7. The molecule has 0 aromatic heterocycles. The SMILES string of the molecule is C.CC(/C=C/[C@H]1O[C@H](CC(=O)O)C[C@@]2(CO2)[C@@H]1O)=C\C[C@@H]1O[C@H](C)[C@H](NC(=O)/C=C\C(C)C)C[C@@H]1C.CC(/C=C/[C@H]1O[C@H](CN=C=O)C[C@@]2(CO2)[C@@H]1O)=C\C[C@@H]1O[C@H](C)[C@H](NC(=O)/C=C\C(C)C)C[C@@H]1C.CC(/C=C/[C@H]1O[C@H](CNC(N)=O)C[C@@]2(CO2)[C@@H]1O)=C\C[C@@H]1O[C@H](C)[C@H](NC(=O)/C=C\C(C)C)C[C@@H]1C.CCCNC(=O)NC[C@@H]1C[C@@]2(CO2)[C@H](O)[C@@H](/C=C/C(C)=C/C[C@@H]2O[C@H](C)[C@H](NC(=O)/C=C\C(C)C)C[C@@H]2C)O1. The van der Waals surface area contributed by atoms with Crippen molar-refractivity contribution < 1.29 is 121 Å². The molecule has 0 radical (unpaired) electrons. The second-order valence-corrected chi connectivity index (χ2v) is 43.7. The summed E-state index contributed by atoms with van der Waals surface area (Å²) in [5, 5.41) is 72.5. The largest absolute Gasteiger partial charge is 0.481 e. The van der Waals surface area contributed by atoms with Crippen LogP contribution in [0.2, 0.25) is 0 Å². The molecule has 12 aliphatic heterocycles. The number of allylic oxidation sites excluding steroid dienone is 12. The molecule has 0 aromatic rings. The molecule has 4 spiro atoms. The molecule has 12 rings (SSSR count). The van der Waals surface area contributed by atoms with Crippen molar-refractivity contribution in [2.75, 3.05) is 52.6 Å². The predicted octanol–water partition coefficient (Wildman–Crippen LogP) is 12.5. The van der Waals surface area contributed by atoms with Gasteiger partial charge in [0.1, 0.15) is 71.2 Å². The highest BCUT2D eigenvalue weighted by atomic mass is 16.6. The maximum Gasteiger partial charge on any atom is 0.314 e. The number of isocyanates is 1. The van der Waals surface area contributed by atoms with E-state index in [0.29, 0.717) is 107 Å². The van der Waals surface area contributed by atoms with Crippen LogP contribution in [0.4, 0.5) is 9.59 Å². The van der Waals surface area contributed by atoms with Gasteiger partial charge in [0.05, 0.1) is 137 Å².